The third-order valence-electron chi connectivity index (χ3n) is 4.58. The Morgan fingerprint density at radius 3 is 3.15 bits per heavy atom. The summed E-state index contributed by atoms with van der Waals surface area (Å²) in [5.74, 6) is 1.73. The van der Waals surface area contributed by atoms with Crippen LogP contribution in [0.3, 0.4) is 0 Å². The minimum Gasteiger partial charge on any atom is -0.497 e. The number of rotatable bonds is 8. The van der Waals surface area contributed by atoms with Crippen LogP contribution in [-0.4, -0.2) is 41.5 Å². The van der Waals surface area contributed by atoms with Crippen LogP contribution in [0.15, 0.2) is 24.3 Å². The highest BCUT2D eigenvalue weighted by Crippen LogP contribution is 2.28. The number of hydrogen-bond donors (Lipinski definition) is 1. The summed E-state index contributed by atoms with van der Waals surface area (Å²) in [7, 11) is 1.66. The monoisotopic (exact) mass is 374 g/mol. The van der Waals surface area contributed by atoms with E-state index in [1.54, 1.807) is 7.11 Å². The number of amides is 1. The zero-order chi connectivity index (χ0) is 18.4. The normalized spacial score (nSPS) is 16.7. The minimum atomic E-state index is -0.121. The first-order chi connectivity index (χ1) is 12.7. The first-order valence-corrected chi connectivity index (χ1v) is 9.98. The highest BCUT2D eigenvalue weighted by Gasteiger charge is 2.32. The largest absolute Gasteiger partial charge is 0.497 e. The molecule has 1 N–H and O–H groups in total. The smallest absolute Gasteiger partial charge is 0.242 e. The van der Waals surface area contributed by atoms with Crippen LogP contribution in [0.2, 0.25) is 0 Å². The molecule has 3 rings (SSSR count). The lowest BCUT2D eigenvalue weighted by atomic mass is 10.1. The molecule has 1 amide bonds. The average molecular weight is 375 g/mol. The number of nitrogens with one attached hydrogen (secondary N) is 1. The number of carbonyl (C=O) groups is 1. The number of anilines is 1. The van der Waals surface area contributed by atoms with Crippen molar-refractivity contribution in [2.75, 3.05) is 25.1 Å². The summed E-state index contributed by atoms with van der Waals surface area (Å²) >= 11 is 1.38. The van der Waals surface area contributed by atoms with Crippen LogP contribution in [0.4, 0.5) is 5.13 Å². The molecular weight excluding hydrogens is 348 g/mol. The van der Waals surface area contributed by atoms with E-state index >= 15 is 0 Å². The Labute approximate surface area is 158 Å². The lowest BCUT2D eigenvalue weighted by Gasteiger charge is -2.22. The molecule has 1 atom stereocenters. The molecule has 0 unspecified atom stereocenters. The molecule has 2 heterocycles. The van der Waals surface area contributed by atoms with E-state index in [0.29, 0.717) is 6.42 Å². The van der Waals surface area contributed by atoms with Gasteiger partial charge >= 0.3 is 0 Å². The molecule has 1 fully saturated rings. The van der Waals surface area contributed by atoms with Crippen molar-refractivity contribution in [2.45, 2.75) is 45.1 Å². The number of aromatic nitrogens is 2. The number of benzene rings is 1. The highest BCUT2D eigenvalue weighted by molar-refractivity contribution is 7.09. The van der Waals surface area contributed by atoms with Crippen LogP contribution in [0.1, 0.15) is 44.0 Å². The fourth-order valence-electron chi connectivity index (χ4n) is 3.17. The fraction of sp³-hybridized carbons (Fsp3) is 0.526. The van der Waals surface area contributed by atoms with Gasteiger partial charge in [-0.1, -0.05) is 25.5 Å². The van der Waals surface area contributed by atoms with Gasteiger partial charge in [-0.15, -0.1) is 0 Å². The Bertz CT molecular complexity index is 734. The Hall–Kier alpha value is -2.15. The standard InChI is InChI=1S/C19H26N4O2S/c1-3-4-10-20-18(24)16-9-6-11-23(16)19-21-17(22-26-19)13-14-7-5-8-15(12-14)25-2/h5,7-8,12,16H,3-4,6,9-11,13H2,1-2H3,(H,20,24)/t16-/m0/s1. The predicted molar refractivity (Wildman–Crippen MR) is 104 cm³/mol. The number of carbonyl (C=O) groups excluding carboxylic acids is 1. The summed E-state index contributed by atoms with van der Waals surface area (Å²) in [6.45, 7) is 3.73. The second kappa shape index (κ2) is 8.98. The van der Waals surface area contributed by atoms with Crippen molar-refractivity contribution in [2.24, 2.45) is 0 Å². The van der Waals surface area contributed by atoms with E-state index in [1.807, 2.05) is 24.3 Å². The molecule has 2 aromatic rings. The van der Waals surface area contributed by atoms with Crippen LogP contribution in [0.25, 0.3) is 0 Å². The van der Waals surface area contributed by atoms with Gasteiger partial charge in [-0.05, 0) is 37.0 Å². The van der Waals surface area contributed by atoms with E-state index in [1.165, 1.54) is 11.5 Å². The van der Waals surface area contributed by atoms with Crippen LogP contribution in [0.5, 0.6) is 5.75 Å². The van der Waals surface area contributed by atoms with Gasteiger partial charge in [0.25, 0.3) is 0 Å². The van der Waals surface area contributed by atoms with Gasteiger partial charge in [-0.25, -0.2) is 4.98 Å². The Balaban J connectivity index is 1.65. The maximum absolute atomic E-state index is 12.5. The summed E-state index contributed by atoms with van der Waals surface area (Å²) in [5, 5.41) is 3.89. The van der Waals surface area contributed by atoms with Crippen molar-refractivity contribution in [3.05, 3.63) is 35.7 Å². The van der Waals surface area contributed by atoms with E-state index in [9.17, 15) is 4.79 Å². The molecule has 26 heavy (non-hydrogen) atoms. The SMILES string of the molecule is CCCCNC(=O)[C@@H]1CCCN1c1nc(Cc2cccc(OC)c2)ns1. The highest BCUT2D eigenvalue weighted by atomic mass is 32.1. The third-order valence-corrected chi connectivity index (χ3v) is 5.38. The van der Waals surface area contributed by atoms with Crippen LogP contribution >= 0.6 is 11.5 Å². The molecule has 7 heteroatoms. The molecule has 1 saturated heterocycles. The fourth-order valence-corrected chi connectivity index (χ4v) is 3.93. The van der Waals surface area contributed by atoms with Crippen molar-refractivity contribution >= 4 is 22.6 Å². The lowest BCUT2D eigenvalue weighted by Crippen LogP contribution is -2.43. The van der Waals surface area contributed by atoms with E-state index in [2.05, 4.69) is 26.5 Å². The molecule has 1 aliphatic rings. The molecule has 1 aromatic carbocycles. The van der Waals surface area contributed by atoms with Crippen molar-refractivity contribution in [1.29, 1.82) is 0 Å². The summed E-state index contributed by atoms with van der Waals surface area (Å²) in [6.07, 6.45) is 4.65. The zero-order valence-electron chi connectivity index (χ0n) is 15.4. The number of methoxy groups -OCH3 is 1. The molecular formula is C19H26N4O2S. The summed E-state index contributed by atoms with van der Waals surface area (Å²) in [5.41, 5.74) is 1.11. The van der Waals surface area contributed by atoms with Gasteiger partial charge in [0.05, 0.1) is 7.11 Å². The number of hydrogen-bond acceptors (Lipinski definition) is 6. The molecule has 0 radical (unpaired) electrons. The lowest BCUT2D eigenvalue weighted by molar-refractivity contribution is -0.122. The molecule has 1 aliphatic heterocycles. The molecule has 0 saturated carbocycles. The van der Waals surface area contributed by atoms with Crippen LogP contribution in [0, 0.1) is 0 Å². The van der Waals surface area contributed by atoms with Crippen molar-refractivity contribution < 1.29 is 9.53 Å². The number of unbranched alkanes of at least 4 members (excludes halogenated alkanes) is 1. The Morgan fingerprint density at radius 1 is 1.46 bits per heavy atom. The minimum absolute atomic E-state index is 0.112. The van der Waals surface area contributed by atoms with E-state index < -0.39 is 0 Å². The summed E-state index contributed by atoms with van der Waals surface area (Å²) < 4.78 is 9.77. The Morgan fingerprint density at radius 2 is 2.35 bits per heavy atom. The predicted octanol–water partition coefficient (Wildman–Crippen LogP) is 3.02. The molecule has 6 nitrogen and oxygen atoms in total. The number of ether oxygens (including phenoxy) is 1. The van der Waals surface area contributed by atoms with E-state index in [-0.39, 0.29) is 11.9 Å². The average Bonchev–Trinajstić information content (AvgIpc) is 3.31. The van der Waals surface area contributed by atoms with E-state index in [4.69, 9.17) is 4.74 Å². The molecule has 1 aromatic heterocycles. The van der Waals surface area contributed by atoms with Gasteiger partial charge in [0.1, 0.15) is 17.6 Å². The third kappa shape index (κ3) is 4.52. The molecule has 0 spiro atoms. The quantitative estimate of drug-likeness (QED) is 0.720. The van der Waals surface area contributed by atoms with Crippen LogP contribution in [-0.2, 0) is 11.2 Å². The van der Waals surface area contributed by atoms with Gasteiger partial charge in [-0.3, -0.25) is 4.79 Å². The topological polar surface area (TPSA) is 67.4 Å². The van der Waals surface area contributed by atoms with Crippen molar-refractivity contribution in [3.63, 3.8) is 0 Å². The van der Waals surface area contributed by atoms with Gasteiger partial charge < -0.3 is 15.0 Å². The molecule has 140 valence electrons. The van der Waals surface area contributed by atoms with Crippen LogP contribution < -0.4 is 15.0 Å². The number of nitrogens with zero attached hydrogens (tertiary/aromatic N) is 3. The Kier molecular flexibility index (Phi) is 6.44. The first-order valence-electron chi connectivity index (χ1n) is 9.21. The zero-order valence-corrected chi connectivity index (χ0v) is 16.2. The van der Waals surface area contributed by atoms with Gasteiger partial charge in [0, 0.05) is 31.0 Å². The van der Waals surface area contributed by atoms with Gasteiger partial charge in [0.15, 0.2) is 0 Å². The first kappa shape index (κ1) is 18.6. The van der Waals surface area contributed by atoms with Gasteiger partial charge in [-0.2, -0.15) is 4.37 Å². The maximum atomic E-state index is 12.5. The molecule has 0 bridgehead atoms. The van der Waals surface area contributed by atoms with Crippen molar-refractivity contribution in [1.82, 2.24) is 14.7 Å². The maximum Gasteiger partial charge on any atom is 0.242 e. The van der Waals surface area contributed by atoms with E-state index in [0.717, 1.165) is 61.0 Å². The van der Waals surface area contributed by atoms with Crippen molar-refractivity contribution in [3.8, 4) is 5.75 Å². The summed E-state index contributed by atoms with van der Waals surface area (Å²) in [6, 6.07) is 7.82. The summed E-state index contributed by atoms with van der Waals surface area (Å²) in [4.78, 5) is 19.3. The van der Waals surface area contributed by atoms with Gasteiger partial charge in [0.2, 0.25) is 11.0 Å². The molecule has 0 aliphatic carbocycles. The second-order valence-electron chi connectivity index (χ2n) is 6.52. The second-order valence-corrected chi connectivity index (χ2v) is 7.25.